The smallest absolute Gasteiger partial charge is 0.0408 e. The summed E-state index contributed by atoms with van der Waals surface area (Å²) in [5, 5.41) is 0.816. The molecule has 0 atom stereocenters. The minimum absolute atomic E-state index is 0.157. The van der Waals surface area contributed by atoms with Crippen LogP contribution in [0.2, 0.25) is 5.02 Å². The van der Waals surface area contributed by atoms with Crippen LogP contribution in [0.5, 0.6) is 0 Å². The van der Waals surface area contributed by atoms with E-state index in [4.69, 9.17) is 17.3 Å². The molecule has 2 N–H and O–H groups in total. The van der Waals surface area contributed by atoms with Crippen LogP contribution in [-0.2, 0) is 5.41 Å². The van der Waals surface area contributed by atoms with E-state index in [1.807, 2.05) is 12.1 Å². The van der Waals surface area contributed by atoms with Crippen LogP contribution in [0.1, 0.15) is 38.2 Å². The number of rotatable bonds is 2. The van der Waals surface area contributed by atoms with Gasteiger partial charge in [0.1, 0.15) is 0 Å². The Morgan fingerprint density at radius 3 is 2.56 bits per heavy atom. The van der Waals surface area contributed by atoms with Crippen molar-refractivity contribution in [1.29, 1.82) is 0 Å². The van der Waals surface area contributed by atoms with Gasteiger partial charge in [-0.2, -0.15) is 0 Å². The van der Waals surface area contributed by atoms with Crippen molar-refractivity contribution in [3.63, 3.8) is 0 Å². The zero-order valence-electron chi connectivity index (χ0n) is 9.80. The third-order valence-corrected chi connectivity index (χ3v) is 4.12. The van der Waals surface area contributed by atoms with E-state index in [2.05, 4.69) is 19.1 Å². The summed E-state index contributed by atoms with van der Waals surface area (Å²) < 4.78 is 0. The van der Waals surface area contributed by atoms with Gasteiger partial charge in [-0.05, 0) is 49.3 Å². The van der Waals surface area contributed by atoms with Gasteiger partial charge in [-0.3, -0.25) is 0 Å². The van der Waals surface area contributed by atoms with E-state index in [0.29, 0.717) is 0 Å². The number of benzene rings is 1. The average molecular weight is 237 g/mol. The lowest BCUT2D eigenvalue weighted by Crippen LogP contribution is -2.38. The summed E-state index contributed by atoms with van der Waals surface area (Å²) >= 11 is 6.07. The van der Waals surface area contributed by atoms with Crippen LogP contribution in [0.15, 0.2) is 24.3 Å². The first-order valence-electron chi connectivity index (χ1n) is 5.94. The Morgan fingerprint density at radius 2 is 2.00 bits per heavy atom. The molecule has 1 aromatic rings. The minimum Gasteiger partial charge on any atom is -0.330 e. The molecular weight excluding hydrogens is 218 g/mol. The van der Waals surface area contributed by atoms with E-state index < -0.39 is 0 Å². The lowest BCUT2D eigenvalue weighted by atomic mass is 9.67. The van der Waals surface area contributed by atoms with Gasteiger partial charge in [0.2, 0.25) is 0 Å². The third-order valence-electron chi connectivity index (χ3n) is 3.89. The van der Waals surface area contributed by atoms with Crippen LogP contribution < -0.4 is 5.73 Å². The molecule has 0 aromatic heterocycles. The maximum Gasteiger partial charge on any atom is 0.0408 e. The van der Waals surface area contributed by atoms with Crippen molar-refractivity contribution in [2.45, 2.75) is 38.0 Å². The molecule has 1 saturated carbocycles. The summed E-state index contributed by atoms with van der Waals surface area (Å²) in [5.41, 5.74) is 7.49. The van der Waals surface area contributed by atoms with Crippen LogP contribution >= 0.6 is 11.6 Å². The highest BCUT2D eigenvalue weighted by molar-refractivity contribution is 6.30. The molecule has 87 valence electrons. The van der Waals surface area contributed by atoms with Gasteiger partial charge in [0.25, 0.3) is 0 Å². The molecular formula is C14H19ClN. The second kappa shape index (κ2) is 4.77. The normalized spacial score (nSPS) is 20.9. The van der Waals surface area contributed by atoms with Gasteiger partial charge in [-0.1, -0.05) is 30.7 Å². The molecule has 1 aromatic carbocycles. The van der Waals surface area contributed by atoms with Crippen LogP contribution in [-0.4, -0.2) is 6.54 Å². The van der Waals surface area contributed by atoms with Gasteiger partial charge >= 0.3 is 0 Å². The molecule has 2 rings (SSSR count). The molecule has 0 unspecified atom stereocenters. The van der Waals surface area contributed by atoms with Gasteiger partial charge in [-0.15, -0.1) is 0 Å². The first-order valence-corrected chi connectivity index (χ1v) is 6.31. The largest absolute Gasteiger partial charge is 0.330 e. The Labute approximate surface area is 103 Å². The van der Waals surface area contributed by atoms with E-state index in [9.17, 15) is 0 Å². The summed E-state index contributed by atoms with van der Waals surface area (Å²) in [6.07, 6.45) is 4.72. The van der Waals surface area contributed by atoms with Crippen LogP contribution in [0.25, 0.3) is 0 Å². The number of hydrogen-bond acceptors (Lipinski definition) is 1. The van der Waals surface area contributed by atoms with Crippen LogP contribution in [0, 0.1) is 5.92 Å². The Balaban J connectivity index is 2.28. The zero-order chi connectivity index (χ0) is 11.6. The molecule has 1 aliphatic carbocycles. The van der Waals surface area contributed by atoms with Crippen molar-refractivity contribution in [3.05, 3.63) is 40.8 Å². The van der Waals surface area contributed by atoms with E-state index >= 15 is 0 Å². The van der Waals surface area contributed by atoms with Crippen molar-refractivity contribution in [1.82, 2.24) is 0 Å². The first kappa shape index (κ1) is 11.9. The summed E-state index contributed by atoms with van der Waals surface area (Å²) in [7, 11) is 0. The average Bonchev–Trinajstić information content (AvgIpc) is 2.31. The Hall–Kier alpha value is -0.530. The van der Waals surface area contributed by atoms with Crippen molar-refractivity contribution >= 4 is 11.6 Å². The number of nitrogens with two attached hydrogens (primary N) is 1. The standard InChI is InChI=1S/C14H19ClN/c1-11-5-7-14(10-16,8-6-11)12-3-2-4-13(15)9-12/h2-4,9H,5-8,10,16H2,1H3. The lowest BCUT2D eigenvalue weighted by Gasteiger charge is -2.39. The van der Waals surface area contributed by atoms with E-state index in [0.717, 1.165) is 24.4 Å². The van der Waals surface area contributed by atoms with E-state index in [-0.39, 0.29) is 5.41 Å². The third kappa shape index (κ3) is 2.26. The van der Waals surface area contributed by atoms with Gasteiger partial charge in [0.05, 0.1) is 0 Å². The van der Waals surface area contributed by atoms with Gasteiger partial charge in [0.15, 0.2) is 0 Å². The first-order chi connectivity index (χ1) is 7.66. The molecule has 0 aliphatic heterocycles. The quantitative estimate of drug-likeness (QED) is 0.833. The SMILES string of the molecule is C[C]1CCC(CN)(c2cccc(Cl)c2)CC1. The molecule has 16 heavy (non-hydrogen) atoms. The van der Waals surface area contributed by atoms with Crippen LogP contribution in [0.4, 0.5) is 0 Å². The molecule has 2 heteroatoms. The van der Waals surface area contributed by atoms with Crippen molar-refractivity contribution in [2.75, 3.05) is 6.54 Å². The second-order valence-corrected chi connectivity index (χ2v) is 5.39. The minimum atomic E-state index is 0.157. The van der Waals surface area contributed by atoms with E-state index in [1.54, 1.807) is 5.92 Å². The summed E-state index contributed by atoms with van der Waals surface area (Å²) in [5.74, 6) is 1.60. The highest BCUT2D eigenvalue weighted by Gasteiger charge is 2.34. The summed E-state index contributed by atoms with van der Waals surface area (Å²) in [6, 6.07) is 8.20. The maximum atomic E-state index is 6.07. The second-order valence-electron chi connectivity index (χ2n) is 4.95. The monoisotopic (exact) mass is 236 g/mol. The molecule has 0 saturated heterocycles. The lowest BCUT2D eigenvalue weighted by molar-refractivity contribution is 0.318. The predicted octanol–water partition coefficient (Wildman–Crippen LogP) is 3.70. The fraction of sp³-hybridized carbons (Fsp3) is 0.500. The maximum absolute atomic E-state index is 6.07. The molecule has 1 fully saturated rings. The Kier molecular flexibility index (Phi) is 3.56. The van der Waals surface area contributed by atoms with Gasteiger partial charge in [-0.25, -0.2) is 0 Å². The number of halogens is 1. The summed E-state index contributed by atoms with van der Waals surface area (Å²) in [6.45, 7) is 2.97. The summed E-state index contributed by atoms with van der Waals surface area (Å²) in [4.78, 5) is 0. The van der Waals surface area contributed by atoms with Gasteiger partial charge in [0, 0.05) is 17.0 Å². The van der Waals surface area contributed by atoms with Gasteiger partial charge < -0.3 is 5.73 Å². The Bertz CT molecular complexity index is 354. The molecule has 1 radical (unpaired) electrons. The highest BCUT2D eigenvalue weighted by Crippen LogP contribution is 2.41. The van der Waals surface area contributed by atoms with Crippen LogP contribution in [0.3, 0.4) is 0 Å². The molecule has 0 heterocycles. The Morgan fingerprint density at radius 1 is 1.31 bits per heavy atom. The predicted molar refractivity (Wildman–Crippen MR) is 69.6 cm³/mol. The molecule has 1 aliphatic rings. The van der Waals surface area contributed by atoms with Crippen molar-refractivity contribution in [3.8, 4) is 0 Å². The molecule has 0 amide bonds. The topological polar surface area (TPSA) is 26.0 Å². The number of hydrogen-bond donors (Lipinski definition) is 1. The van der Waals surface area contributed by atoms with Crippen molar-refractivity contribution in [2.24, 2.45) is 5.73 Å². The molecule has 1 nitrogen and oxygen atoms in total. The molecule has 0 spiro atoms. The zero-order valence-corrected chi connectivity index (χ0v) is 10.6. The fourth-order valence-corrected chi connectivity index (χ4v) is 2.77. The van der Waals surface area contributed by atoms with Crippen molar-refractivity contribution < 1.29 is 0 Å². The highest BCUT2D eigenvalue weighted by atomic mass is 35.5. The molecule has 0 bridgehead atoms. The van der Waals surface area contributed by atoms with E-state index in [1.165, 1.54) is 18.4 Å². The fourth-order valence-electron chi connectivity index (χ4n) is 2.58.